The molecule has 0 amide bonds. The fraction of sp³-hybridized carbons (Fsp3) is 0.250. The quantitative estimate of drug-likeness (QED) is 0.402. The number of aryl methyl sites for hydroxylation is 2. The fourth-order valence-electron chi connectivity index (χ4n) is 1.70. The van der Waals surface area contributed by atoms with Gasteiger partial charge in [-0.1, -0.05) is 0 Å². The van der Waals surface area contributed by atoms with Gasteiger partial charge >= 0.3 is 0 Å². The molecule has 2 N–H and O–H groups in total. The van der Waals surface area contributed by atoms with E-state index in [0.717, 1.165) is 16.3 Å². The third-order valence-electron chi connectivity index (χ3n) is 2.67. The third-order valence-corrected chi connectivity index (χ3v) is 3.81. The molecule has 0 unspecified atom stereocenters. The van der Waals surface area contributed by atoms with Crippen molar-refractivity contribution in [3.05, 3.63) is 45.6 Å². The molecule has 0 aliphatic heterocycles. The summed E-state index contributed by atoms with van der Waals surface area (Å²) in [5.74, 6) is 0.576. The second-order valence-electron chi connectivity index (χ2n) is 4.18. The minimum Gasteiger partial charge on any atom is -0.398 e. The zero-order chi connectivity index (χ0) is 14.0. The van der Waals surface area contributed by atoms with E-state index in [2.05, 4.69) is 5.10 Å². The van der Waals surface area contributed by atoms with Crippen LogP contribution in [0.4, 0.5) is 11.4 Å². The van der Waals surface area contributed by atoms with Crippen LogP contribution in [0.1, 0.15) is 11.3 Å². The number of nitro benzene ring substituents is 1. The molecule has 7 heteroatoms. The Hall–Kier alpha value is -2.02. The average molecular weight is 278 g/mol. The van der Waals surface area contributed by atoms with E-state index >= 15 is 0 Å². The van der Waals surface area contributed by atoms with E-state index in [-0.39, 0.29) is 5.69 Å². The van der Waals surface area contributed by atoms with E-state index in [0.29, 0.717) is 11.4 Å². The number of aromatic nitrogens is 2. The molecular weight excluding hydrogens is 264 g/mol. The summed E-state index contributed by atoms with van der Waals surface area (Å²) in [4.78, 5) is 10.3. The van der Waals surface area contributed by atoms with Crippen molar-refractivity contribution in [2.45, 2.75) is 17.7 Å². The van der Waals surface area contributed by atoms with Crippen LogP contribution in [0.15, 0.2) is 29.3 Å². The van der Waals surface area contributed by atoms with Crippen molar-refractivity contribution >= 4 is 23.1 Å². The third kappa shape index (κ3) is 3.05. The summed E-state index contributed by atoms with van der Waals surface area (Å²) >= 11 is 1.55. The lowest BCUT2D eigenvalue weighted by Gasteiger charge is -2.05. The van der Waals surface area contributed by atoms with Gasteiger partial charge < -0.3 is 5.73 Å². The van der Waals surface area contributed by atoms with Crippen LogP contribution in [0, 0.1) is 17.0 Å². The first kappa shape index (κ1) is 13.4. The average Bonchev–Trinajstić information content (AvgIpc) is 2.66. The van der Waals surface area contributed by atoms with Crippen molar-refractivity contribution in [3.63, 3.8) is 0 Å². The highest BCUT2D eigenvalue weighted by Gasteiger charge is 2.10. The van der Waals surface area contributed by atoms with Crippen LogP contribution in [-0.4, -0.2) is 14.7 Å². The molecule has 0 saturated carbocycles. The maximum atomic E-state index is 10.7. The number of thioether (sulfide) groups is 1. The van der Waals surface area contributed by atoms with Gasteiger partial charge in [0.25, 0.3) is 5.69 Å². The molecule has 19 heavy (non-hydrogen) atoms. The van der Waals surface area contributed by atoms with Crippen LogP contribution in [0.5, 0.6) is 0 Å². The summed E-state index contributed by atoms with van der Waals surface area (Å²) in [7, 11) is 1.87. The molecule has 6 nitrogen and oxygen atoms in total. The maximum absolute atomic E-state index is 10.7. The summed E-state index contributed by atoms with van der Waals surface area (Å²) in [5, 5.41) is 16.0. The normalized spacial score (nSPS) is 10.6. The molecule has 0 saturated heterocycles. The van der Waals surface area contributed by atoms with Crippen LogP contribution in [0.2, 0.25) is 0 Å². The summed E-state index contributed by atoms with van der Waals surface area (Å²) in [6, 6.07) is 6.48. The highest BCUT2D eigenvalue weighted by atomic mass is 32.2. The van der Waals surface area contributed by atoms with E-state index in [1.54, 1.807) is 22.5 Å². The van der Waals surface area contributed by atoms with E-state index < -0.39 is 4.92 Å². The zero-order valence-electron chi connectivity index (χ0n) is 10.7. The van der Waals surface area contributed by atoms with Crippen molar-refractivity contribution in [2.75, 3.05) is 5.73 Å². The summed E-state index contributed by atoms with van der Waals surface area (Å²) < 4.78 is 1.79. The lowest BCUT2D eigenvalue weighted by molar-refractivity contribution is -0.384. The molecule has 100 valence electrons. The summed E-state index contributed by atoms with van der Waals surface area (Å²) in [6.07, 6.45) is 0. The number of hydrogen-bond acceptors (Lipinski definition) is 5. The molecule has 0 aliphatic rings. The molecule has 1 aromatic heterocycles. The highest BCUT2D eigenvalue weighted by molar-refractivity contribution is 7.98. The van der Waals surface area contributed by atoms with Crippen LogP contribution < -0.4 is 5.73 Å². The molecule has 1 aromatic carbocycles. The van der Waals surface area contributed by atoms with Crippen LogP contribution in [-0.2, 0) is 12.8 Å². The Morgan fingerprint density at radius 2 is 2.21 bits per heavy atom. The Labute approximate surface area is 114 Å². The highest BCUT2D eigenvalue weighted by Crippen LogP contribution is 2.28. The number of rotatable bonds is 4. The number of nitrogens with two attached hydrogens (primary N) is 1. The molecule has 0 aliphatic carbocycles. The van der Waals surface area contributed by atoms with E-state index in [4.69, 9.17) is 5.73 Å². The first-order valence-electron chi connectivity index (χ1n) is 5.63. The molecule has 2 aromatic rings. The summed E-state index contributed by atoms with van der Waals surface area (Å²) in [5.41, 5.74) is 8.17. The van der Waals surface area contributed by atoms with Gasteiger partial charge in [0.15, 0.2) is 0 Å². The Bertz CT molecular complexity index is 624. The standard InChI is InChI=1S/C12H14N4O2S/c1-8-5-12(15(2)14-8)19-7-9-6-10(16(17)18)3-4-11(9)13/h3-6H,7,13H2,1-2H3. The Kier molecular flexibility index (Phi) is 3.75. The van der Waals surface area contributed by atoms with Crippen molar-refractivity contribution < 1.29 is 4.92 Å². The van der Waals surface area contributed by atoms with Crippen molar-refractivity contribution in [3.8, 4) is 0 Å². The van der Waals surface area contributed by atoms with Gasteiger partial charge in [-0.25, -0.2) is 0 Å². The van der Waals surface area contributed by atoms with Gasteiger partial charge in [-0.2, -0.15) is 5.10 Å². The molecular formula is C12H14N4O2S. The number of benzene rings is 1. The van der Waals surface area contributed by atoms with Crippen molar-refractivity contribution in [1.82, 2.24) is 9.78 Å². The number of nitro groups is 1. The Morgan fingerprint density at radius 1 is 1.47 bits per heavy atom. The predicted molar refractivity (Wildman–Crippen MR) is 75.0 cm³/mol. The van der Waals surface area contributed by atoms with E-state index in [9.17, 15) is 10.1 Å². The minimum absolute atomic E-state index is 0.0611. The predicted octanol–water partition coefficient (Wildman–Crippen LogP) is 2.51. The van der Waals surface area contributed by atoms with Gasteiger partial charge in [-0.15, -0.1) is 11.8 Å². The maximum Gasteiger partial charge on any atom is 0.269 e. The minimum atomic E-state index is -0.415. The molecule has 2 rings (SSSR count). The van der Waals surface area contributed by atoms with Crippen LogP contribution in [0.3, 0.4) is 0 Å². The fourth-order valence-corrected chi connectivity index (χ4v) is 2.74. The number of anilines is 1. The monoisotopic (exact) mass is 278 g/mol. The lowest BCUT2D eigenvalue weighted by Crippen LogP contribution is -1.97. The number of non-ortho nitro benzene ring substituents is 1. The Balaban J connectivity index is 2.17. The molecule has 0 atom stereocenters. The van der Waals surface area contributed by atoms with Crippen molar-refractivity contribution in [2.24, 2.45) is 7.05 Å². The Morgan fingerprint density at radius 3 is 2.79 bits per heavy atom. The molecule has 0 spiro atoms. The van der Waals surface area contributed by atoms with Gasteiger partial charge in [0.2, 0.25) is 0 Å². The van der Waals surface area contributed by atoms with E-state index in [1.807, 2.05) is 20.0 Å². The smallest absolute Gasteiger partial charge is 0.269 e. The van der Waals surface area contributed by atoms with Gasteiger partial charge in [0, 0.05) is 30.6 Å². The van der Waals surface area contributed by atoms with Crippen LogP contribution in [0.25, 0.3) is 0 Å². The van der Waals surface area contributed by atoms with Gasteiger partial charge in [0.1, 0.15) is 0 Å². The zero-order valence-corrected chi connectivity index (χ0v) is 11.5. The second-order valence-corrected chi connectivity index (χ2v) is 5.17. The first-order chi connectivity index (χ1) is 8.97. The van der Waals surface area contributed by atoms with Crippen molar-refractivity contribution in [1.29, 1.82) is 0 Å². The second kappa shape index (κ2) is 5.31. The molecule has 0 fully saturated rings. The lowest BCUT2D eigenvalue weighted by atomic mass is 10.2. The molecule has 1 heterocycles. The first-order valence-corrected chi connectivity index (χ1v) is 6.62. The molecule has 0 radical (unpaired) electrons. The van der Waals surface area contributed by atoms with Crippen LogP contribution >= 0.6 is 11.8 Å². The largest absolute Gasteiger partial charge is 0.398 e. The topological polar surface area (TPSA) is 87.0 Å². The number of hydrogen-bond donors (Lipinski definition) is 1. The number of nitrogens with zero attached hydrogens (tertiary/aromatic N) is 3. The SMILES string of the molecule is Cc1cc(SCc2cc([N+](=O)[O-])ccc2N)n(C)n1. The van der Waals surface area contributed by atoms with Gasteiger partial charge in [0.05, 0.1) is 15.6 Å². The van der Waals surface area contributed by atoms with E-state index in [1.165, 1.54) is 12.1 Å². The summed E-state index contributed by atoms with van der Waals surface area (Å²) in [6.45, 7) is 1.92. The van der Waals surface area contributed by atoms with Gasteiger partial charge in [-0.3, -0.25) is 14.8 Å². The molecule has 0 bridgehead atoms. The number of nitrogen functional groups attached to an aromatic ring is 1. The van der Waals surface area contributed by atoms with Gasteiger partial charge in [-0.05, 0) is 24.6 Å².